The van der Waals surface area contributed by atoms with E-state index >= 15 is 0 Å². The first-order valence-corrected chi connectivity index (χ1v) is 5.36. The third-order valence-corrected chi connectivity index (χ3v) is 2.93. The van der Waals surface area contributed by atoms with Crippen LogP contribution in [0.1, 0.15) is 32.6 Å². The molecule has 0 aromatic heterocycles. The number of aliphatic hydroxyl groups is 1. The summed E-state index contributed by atoms with van der Waals surface area (Å²) >= 11 is 0. The van der Waals surface area contributed by atoms with Crippen molar-refractivity contribution in [3.05, 3.63) is 0 Å². The molecule has 0 saturated heterocycles. The van der Waals surface area contributed by atoms with Gasteiger partial charge in [0, 0.05) is 12.5 Å². The lowest BCUT2D eigenvalue weighted by atomic mass is 10.1. The normalized spacial score (nSPS) is 26.9. The van der Waals surface area contributed by atoms with Crippen LogP contribution in [-0.2, 0) is 4.79 Å². The first-order chi connectivity index (χ1) is 6.65. The number of hydrogen-bond acceptors (Lipinski definition) is 3. The largest absolute Gasteiger partial charge is 0.393 e. The minimum Gasteiger partial charge on any atom is -0.393 e. The number of rotatable bonds is 4. The van der Waals surface area contributed by atoms with Crippen molar-refractivity contribution in [2.24, 2.45) is 11.7 Å². The minimum absolute atomic E-state index is 0. The van der Waals surface area contributed by atoms with E-state index in [9.17, 15) is 9.90 Å². The molecule has 1 aliphatic carbocycles. The molecule has 2 unspecified atom stereocenters. The highest BCUT2D eigenvalue weighted by atomic mass is 35.5. The van der Waals surface area contributed by atoms with Crippen LogP contribution < -0.4 is 11.1 Å². The third kappa shape index (κ3) is 4.36. The van der Waals surface area contributed by atoms with E-state index in [-0.39, 0.29) is 30.3 Å². The average Bonchev–Trinajstić information content (AvgIpc) is 2.59. The van der Waals surface area contributed by atoms with Crippen LogP contribution in [0.4, 0.5) is 0 Å². The Morgan fingerprint density at radius 2 is 2.27 bits per heavy atom. The van der Waals surface area contributed by atoms with Gasteiger partial charge in [-0.3, -0.25) is 4.79 Å². The van der Waals surface area contributed by atoms with Crippen LogP contribution in [0.25, 0.3) is 0 Å². The number of carbonyl (C=O) groups is 1. The Kier molecular flexibility index (Phi) is 6.89. The smallest absolute Gasteiger partial charge is 0.236 e. The highest BCUT2D eigenvalue weighted by molar-refractivity contribution is 5.85. The lowest BCUT2D eigenvalue weighted by Crippen LogP contribution is -2.42. The van der Waals surface area contributed by atoms with E-state index in [1.807, 2.05) is 6.92 Å². The van der Waals surface area contributed by atoms with E-state index in [1.54, 1.807) is 0 Å². The van der Waals surface area contributed by atoms with Gasteiger partial charge in [0.25, 0.3) is 0 Å². The highest BCUT2D eigenvalue weighted by Crippen LogP contribution is 2.24. The molecule has 0 heterocycles. The van der Waals surface area contributed by atoms with Crippen molar-refractivity contribution in [3.63, 3.8) is 0 Å². The quantitative estimate of drug-likeness (QED) is 0.663. The number of nitrogens with two attached hydrogens (primary N) is 1. The second-order valence-corrected chi connectivity index (χ2v) is 4.02. The Balaban J connectivity index is 0.00000196. The SMILES string of the molecule is CC[C@H](N)C(=O)NCC1CCCC1O.Cl. The van der Waals surface area contributed by atoms with Crippen molar-refractivity contribution >= 4 is 18.3 Å². The number of halogens is 1. The van der Waals surface area contributed by atoms with Crippen molar-refractivity contribution in [1.82, 2.24) is 5.32 Å². The standard InChI is InChI=1S/C10H20N2O2.ClH/c1-2-8(11)10(14)12-6-7-4-3-5-9(7)13;/h7-9,13H,2-6,11H2,1H3,(H,12,14);1H/t7?,8-,9?;/m0./s1. The summed E-state index contributed by atoms with van der Waals surface area (Å²) in [5, 5.41) is 12.3. The monoisotopic (exact) mass is 236 g/mol. The maximum Gasteiger partial charge on any atom is 0.236 e. The molecule has 90 valence electrons. The van der Waals surface area contributed by atoms with E-state index < -0.39 is 6.04 Å². The second kappa shape index (κ2) is 7.04. The summed E-state index contributed by atoms with van der Waals surface area (Å²) in [5.74, 6) is 0.120. The van der Waals surface area contributed by atoms with Crippen LogP contribution in [0.15, 0.2) is 0 Å². The van der Waals surface area contributed by atoms with Gasteiger partial charge in [-0.25, -0.2) is 0 Å². The van der Waals surface area contributed by atoms with Gasteiger partial charge in [0.05, 0.1) is 12.1 Å². The van der Waals surface area contributed by atoms with Crippen LogP contribution >= 0.6 is 12.4 Å². The predicted molar refractivity (Wildman–Crippen MR) is 61.9 cm³/mol. The van der Waals surface area contributed by atoms with Crippen LogP contribution in [-0.4, -0.2) is 29.7 Å². The number of aliphatic hydroxyl groups excluding tert-OH is 1. The van der Waals surface area contributed by atoms with Crippen molar-refractivity contribution in [3.8, 4) is 0 Å². The fraction of sp³-hybridized carbons (Fsp3) is 0.900. The predicted octanol–water partition coefficient (Wildman–Crippen LogP) is 0.423. The van der Waals surface area contributed by atoms with Crippen molar-refractivity contribution in [2.45, 2.75) is 44.8 Å². The molecular formula is C10H21ClN2O2. The Morgan fingerprint density at radius 3 is 2.73 bits per heavy atom. The molecule has 1 rings (SSSR count). The number of nitrogens with one attached hydrogen (secondary N) is 1. The summed E-state index contributed by atoms with van der Waals surface area (Å²) in [6.07, 6.45) is 3.33. The lowest BCUT2D eigenvalue weighted by molar-refractivity contribution is -0.122. The Hall–Kier alpha value is -0.320. The van der Waals surface area contributed by atoms with E-state index in [0.29, 0.717) is 13.0 Å². The van der Waals surface area contributed by atoms with Gasteiger partial charge in [-0.05, 0) is 19.3 Å². The molecule has 0 aromatic rings. The van der Waals surface area contributed by atoms with Crippen molar-refractivity contribution in [1.29, 1.82) is 0 Å². The zero-order valence-corrected chi connectivity index (χ0v) is 9.93. The van der Waals surface area contributed by atoms with Gasteiger partial charge < -0.3 is 16.2 Å². The number of carbonyl (C=O) groups excluding carboxylic acids is 1. The van der Waals surface area contributed by atoms with Gasteiger partial charge in [0.15, 0.2) is 0 Å². The summed E-state index contributed by atoms with van der Waals surface area (Å²) in [5.41, 5.74) is 5.56. The minimum atomic E-state index is -0.409. The first-order valence-electron chi connectivity index (χ1n) is 5.36. The molecule has 0 bridgehead atoms. The lowest BCUT2D eigenvalue weighted by Gasteiger charge is -2.16. The molecule has 0 spiro atoms. The Bertz CT molecular complexity index is 202. The Morgan fingerprint density at radius 1 is 1.60 bits per heavy atom. The molecule has 3 atom stereocenters. The molecule has 0 aliphatic heterocycles. The molecule has 15 heavy (non-hydrogen) atoms. The van der Waals surface area contributed by atoms with Crippen LogP contribution in [0, 0.1) is 5.92 Å². The zero-order chi connectivity index (χ0) is 10.6. The summed E-state index contributed by atoms with van der Waals surface area (Å²) in [7, 11) is 0. The molecule has 1 saturated carbocycles. The van der Waals surface area contributed by atoms with Gasteiger partial charge >= 0.3 is 0 Å². The molecule has 1 amide bonds. The number of hydrogen-bond donors (Lipinski definition) is 3. The van der Waals surface area contributed by atoms with Crippen LogP contribution in [0.3, 0.4) is 0 Å². The van der Waals surface area contributed by atoms with Gasteiger partial charge in [-0.1, -0.05) is 13.3 Å². The summed E-state index contributed by atoms with van der Waals surface area (Å²) in [4.78, 5) is 11.3. The summed E-state index contributed by atoms with van der Waals surface area (Å²) < 4.78 is 0. The summed E-state index contributed by atoms with van der Waals surface area (Å²) in [6, 6.07) is -0.409. The molecule has 4 nitrogen and oxygen atoms in total. The van der Waals surface area contributed by atoms with Crippen molar-refractivity contribution in [2.75, 3.05) is 6.54 Å². The fourth-order valence-electron chi connectivity index (χ4n) is 1.80. The Labute approximate surface area is 97.0 Å². The average molecular weight is 237 g/mol. The molecule has 0 radical (unpaired) electrons. The molecule has 0 aromatic carbocycles. The maximum atomic E-state index is 11.3. The zero-order valence-electron chi connectivity index (χ0n) is 9.11. The van der Waals surface area contributed by atoms with Crippen molar-refractivity contribution < 1.29 is 9.90 Å². The molecule has 1 fully saturated rings. The maximum absolute atomic E-state index is 11.3. The molecule has 1 aliphatic rings. The first kappa shape index (κ1) is 14.7. The highest BCUT2D eigenvalue weighted by Gasteiger charge is 2.25. The fourth-order valence-corrected chi connectivity index (χ4v) is 1.80. The number of amides is 1. The van der Waals surface area contributed by atoms with E-state index in [4.69, 9.17) is 5.73 Å². The summed E-state index contributed by atoms with van der Waals surface area (Å²) in [6.45, 7) is 2.45. The van der Waals surface area contributed by atoms with E-state index in [1.165, 1.54) is 0 Å². The van der Waals surface area contributed by atoms with E-state index in [2.05, 4.69) is 5.32 Å². The third-order valence-electron chi connectivity index (χ3n) is 2.93. The van der Waals surface area contributed by atoms with Gasteiger partial charge in [-0.15, -0.1) is 12.4 Å². The molecular weight excluding hydrogens is 216 g/mol. The van der Waals surface area contributed by atoms with E-state index in [0.717, 1.165) is 19.3 Å². The molecule has 5 heteroatoms. The van der Waals surface area contributed by atoms with Gasteiger partial charge in [0.1, 0.15) is 0 Å². The topological polar surface area (TPSA) is 75.4 Å². The second-order valence-electron chi connectivity index (χ2n) is 4.02. The van der Waals surface area contributed by atoms with Crippen LogP contribution in [0.2, 0.25) is 0 Å². The van der Waals surface area contributed by atoms with Gasteiger partial charge in [0.2, 0.25) is 5.91 Å². The molecule has 4 N–H and O–H groups in total. The van der Waals surface area contributed by atoms with Gasteiger partial charge in [-0.2, -0.15) is 0 Å². The van der Waals surface area contributed by atoms with Crippen LogP contribution in [0.5, 0.6) is 0 Å².